The Balaban J connectivity index is 0.00000225. The fourth-order valence-corrected chi connectivity index (χ4v) is 1.38. The minimum absolute atomic E-state index is 0. The second kappa shape index (κ2) is 7.24. The van der Waals surface area contributed by atoms with Gasteiger partial charge in [-0.25, -0.2) is 0 Å². The number of nitrogens with one attached hydrogen (secondary N) is 2. The molecule has 0 unspecified atom stereocenters. The molecule has 0 aliphatic carbocycles. The molecule has 0 aliphatic heterocycles. The Morgan fingerprint density at radius 2 is 2.19 bits per heavy atom. The average molecular weight is 247 g/mol. The summed E-state index contributed by atoms with van der Waals surface area (Å²) in [6, 6.07) is 1.79. The highest BCUT2D eigenvalue weighted by molar-refractivity contribution is 5.92. The summed E-state index contributed by atoms with van der Waals surface area (Å²) in [5, 5.41) is 10.00. The molecule has 0 aromatic carbocycles. The first-order valence-corrected chi connectivity index (χ1v) is 5.08. The largest absolute Gasteiger partial charge is 0.351 e. The zero-order valence-corrected chi connectivity index (χ0v) is 10.7. The van der Waals surface area contributed by atoms with E-state index < -0.39 is 0 Å². The fraction of sp³-hybridized carbons (Fsp3) is 0.600. The number of halogens is 1. The van der Waals surface area contributed by atoms with Crippen LogP contribution >= 0.6 is 12.4 Å². The molecule has 0 saturated heterocycles. The third-order valence-corrected chi connectivity index (χ3v) is 2.12. The lowest BCUT2D eigenvalue weighted by Gasteiger charge is -2.04. The van der Waals surface area contributed by atoms with Crippen LogP contribution in [0.15, 0.2) is 6.07 Å². The van der Waals surface area contributed by atoms with E-state index in [0.717, 1.165) is 18.7 Å². The smallest absolute Gasteiger partial charge is 0.269 e. The first kappa shape index (κ1) is 14.9. The van der Waals surface area contributed by atoms with Gasteiger partial charge in [0.25, 0.3) is 5.91 Å². The summed E-state index contributed by atoms with van der Waals surface area (Å²) in [4.78, 5) is 11.6. The summed E-state index contributed by atoms with van der Waals surface area (Å²) >= 11 is 0. The van der Waals surface area contributed by atoms with Crippen molar-refractivity contribution in [2.75, 3.05) is 20.1 Å². The predicted octanol–water partition coefficient (Wildman–Crippen LogP) is 0.490. The lowest BCUT2D eigenvalue weighted by molar-refractivity contribution is 0.0944. The van der Waals surface area contributed by atoms with Crippen molar-refractivity contribution in [1.82, 2.24) is 20.4 Å². The first-order valence-electron chi connectivity index (χ1n) is 5.08. The van der Waals surface area contributed by atoms with Crippen molar-refractivity contribution in [2.45, 2.75) is 13.3 Å². The van der Waals surface area contributed by atoms with E-state index in [9.17, 15) is 4.79 Å². The van der Waals surface area contributed by atoms with Gasteiger partial charge < -0.3 is 10.6 Å². The van der Waals surface area contributed by atoms with Crippen LogP contribution in [-0.2, 0) is 7.05 Å². The number of amides is 1. The molecule has 0 bridgehead atoms. The molecule has 0 fully saturated rings. The molecular formula is C10H19ClN4O. The van der Waals surface area contributed by atoms with Crippen LogP contribution in [0.25, 0.3) is 0 Å². The molecule has 1 heterocycles. The highest BCUT2D eigenvalue weighted by Crippen LogP contribution is 2.00. The van der Waals surface area contributed by atoms with Crippen LogP contribution in [0, 0.1) is 6.92 Å². The quantitative estimate of drug-likeness (QED) is 0.744. The molecule has 1 aromatic heterocycles. The SMILES string of the molecule is CNCCCNC(=O)c1cc(C)nn1C.Cl. The van der Waals surface area contributed by atoms with Crippen LogP contribution in [0.1, 0.15) is 22.6 Å². The Kier molecular flexibility index (Phi) is 6.76. The van der Waals surface area contributed by atoms with Crippen LogP contribution in [0.3, 0.4) is 0 Å². The van der Waals surface area contributed by atoms with Crippen molar-refractivity contribution in [3.63, 3.8) is 0 Å². The molecule has 0 spiro atoms. The fourth-order valence-electron chi connectivity index (χ4n) is 1.38. The Bertz CT molecular complexity index is 338. The van der Waals surface area contributed by atoms with Gasteiger partial charge in [0, 0.05) is 13.6 Å². The molecule has 16 heavy (non-hydrogen) atoms. The Morgan fingerprint density at radius 3 is 2.69 bits per heavy atom. The van der Waals surface area contributed by atoms with E-state index in [2.05, 4.69) is 15.7 Å². The maximum Gasteiger partial charge on any atom is 0.269 e. The second-order valence-electron chi connectivity index (χ2n) is 3.51. The van der Waals surface area contributed by atoms with Gasteiger partial charge in [0.05, 0.1) is 5.69 Å². The third kappa shape index (κ3) is 4.20. The number of aryl methyl sites for hydroxylation is 2. The van der Waals surface area contributed by atoms with E-state index in [-0.39, 0.29) is 18.3 Å². The van der Waals surface area contributed by atoms with Crippen molar-refractivity contribution >= 4 is 18.3 Å². The topological polar surface area (TPSA) is 58.9 Å². The van der Waals surface area contributed by atoms with E-state index >= 15 is 0 Å². The molecule has 6 heteroatoms. The summed E-state index contributed by atoms with van der Waals surface area (Å²) in [5.74, 6) is -0.0609. The maximum atomic E-state index is 11.6. The van der Waals surface area contributed by atoms with Crippen LogP contribution < -0.4 is 10.6 Å². The zero-order chi connectivity index (χ0) is 11.3. The number of nitrogens with zero attached hydrogens (tertiary/aromatic N) is 2. The van der Waals surface area contributed by atoms with Crippen molar-refractivity contribution in [2.24, 2.45) is 7.05 Å². The van der Waals surface area contributed by atoms with E-state index in [1.165, 1.54) is 0 Å². The number of aromatic nitrogens is 2. The lowest BCUT2D eigenvalue weighted by atomic mass is 10.3. The zero-order valence-electron chi connectivity index (χ0n) is 9.91. The monoisotopic (exact) mass is 246 g/mol. The van der Waals surface area contributed by atoms with E-state index in [0.29, 0.717) is 12.2 Å². The minimum atomic E-state index is -0.0609. The molecule has 1 rings (SSSR count). The predicted molar refractivity (Wildman–Crippen MR) is 66.1 cm³/mol. The van der Waals surface area contributed by atoms with Crippen LogP contribution in [-0.4, -0.2) is 35.8 Å². The maximum absolute atomic E-state index is 11.6. The van der Waals surface area contributed by atoms with Gasteiger partial charge in [-0.1, -0.05) is 0 Å². The molecule has 92 valence electrons. The lowest BCUT2D eigenvalue weighted by Crippen LogP contribution is -2.28. The number of carbonyl (C=O) groups is 1. The molecule has 0 radical (unpaired) electrons. The van der Waals surface area contributed by atoms with Crippen LogP contribution in [0.5, 0.6) is 0 Å². The molecular weight excluding hydrogens is 228 g/mol. The highest BCUT2D eigenvalue weighted by atomic mass is 35.5. The third-order valence-electron chi connectivity index (χ3n) is 2.12. The van der Waals surface area contributed by atoms with Gasteiger partial charge in [-0.05, 0) is 33.0 Å². The molecule has 2 N–H and O–H groups in total. The number of hydrogen-bond acceptors (Lipinski definition) is 3. The van der Waals surface area contributed by atoms with Crippen molar-refractivity contribution in [3.05, 3.63) is 17.5 Å². The Morgan fingerprint density at radius 1 is 1.50 bits per heavy atom. The number of hydrogen-bond donors (Lipinski definition) is 2. The van der Waals surface area contributed by atoms with Gasteiger partial charge in [-0.3, -0.25) is 9.48 Å². The van der Waals surface area contributed by atoms with Crippen molar-refractivity contribution < 1.29 is 4.79 Å². The summed E-state index contributed by atoms with van der Waals surface area (Å²) < 4.78 is 1.60. The summed E-state index contributed by atoms with van der Waals surface area (Å²) in [5.41, 5.74) is 1.47. The van der Waals surface area contributed by atoms with Crippen LogP contribution in [0.4, 0.5) is 0 Å². The van der Waals surface area contributed by atoms with Gasteiger partial charge in [-0.2, -0.15) is 5.10 Å². The molecule has 1 amide bonds. The van der Waals surface area contributed by atoms with Gasteiger partial charge in [-0.15, -0.1) is 12.4 Å². The van der Waals surface area contributed by atoms with Gasteiger partial charge in [0.2, 0.25) is 0 Å². The van der Waals surface area contributed by atoms with Crippen molar-refractivity contribution in [1.29, 1.82) is 0 Å². The molecule has 5 nitrogen and oxygen atoms in total. The molecule has 0 atom stereocenters. The summed E-state index contributed by atoms with van der Waals surface area (Å²) in [6.45, 7) is 3.46. The second-order valence-corrected chi connectivity index (χ2v) is 3.51. The van der Waals surface area contributed by atoms with E-state index in [4.69, 9.17) is 0 Å². The van der Waals surface area contributed by atoms with Gasteiger partial charge in [0.15, 0.2) is 0 Å². The van der Waals surface area contributed by atoms with Crippen molar-refractivity contribution in [3.8, 4) is 0 Å². The van der Waals surface area contributed by atoms with Gasteiger partial charge >= 0.3 is 0 Å². The standard InChI is InChI=1S/C10H18N4O.ClH/c1-8-7-9(14(3)13-8)10(15)12-6-4-5-11-2;/h7,11H,4-6H2,1-3H3,(H,12,15);1H. The number of carbonyl (C=O) groups excluding carboxylic acids is 1. The molecule has 0 saturated carbocycles. The highest BCUT2D eigenvalue weighted by Gasteiger charge is 2.10. The van der Waals surface area contributed by atoms with Gasteiger partial charge in [0.1, 0.15) is 5.69 Å². The normalized spacial score (nSPS) is 9.69. The Labute approximate surface area is 102 Å². The van der Waals surface area contributed by atoms with Crippen LogP contribution in [0.2, 0.25) is 0 Å². The summed E-state index contributed by atoms with van der Waals surface area (Å²) in [7, 11) is 3.67. The summed E-state index contributed by atoms with van der Waals surface area (Å²) in [6.07, 6.45) is 0.930. The Hall–Kier alpha value is -1.07. The molecule has 0 aliphatic rings. The van der Waals surface area contributed by atoms with E-state index in [1.807, 2.05) is 14.0 Å². The number of rotatable bonds is 5. The first-order chi connectivity index (χ1) is 7.15. The average Bonchev–Trinajstić information content (AvgIpc) is 2.52. The minimum Gasteiger partial charge on any atom is -0.351 e. The van der Waals surface area contributed by atoms with E-state index in [1.54, 1.807) is 17.8 Å². The molecule has 1 aromatic rings.